The second-order valence-corrected chi connectivity index (χ2v) is 3.63. The fraction of sp³-hybridized carbons (Fsp3) is 1.00. The lowest BCUT2D eigenvalue weighted by Gasteiger charge is -2.01. The summed E-state index contributed by atoms with van der Waals surface area (Å²) in [7, 11) is 0. The van der Waals surface area contributed by atoms with Crippen LogP contribution < -0.4 is 0 Å². The highest BCUT2D eigenvalue weighted by molar-refractivity contribution is 7.99. The van der Waals surface area contributed by atoms with Crippen molar-refractivity contribution in [2.45, 2.75) is 18.6 Å². The first kappa shape index (κ1) is 6.43. The predicted molar refractivity (Wildman–Crippen MR) is 37.4 cm³/mol. The van der Waals surface area contributed by atoms with Crippen LogP contribution in [0.1, 0.15) is 13.3 Å². The molecule has 2 heteroatoms. The molecule has 1 saturated heterocycles. The van der Waals surface area contributed by atoms with E-state index in [1.807, 2.05) is 11.8 Å². The smallest absolute Gasteiger partial charge is 0.0556 e. The molecule has 1 nitrogen and oxygen atoms in total. The highest BCUT2D eigenvalue weighted by Crippen LogP contribution is 2.16. The molecule has 48 valence electrons. The van der Waals surface area contributed by atoms with Crippen LogP contribution in [0.5, 0.6) is 0 Å². The first-order valence-corrected chi connectivity index (χ1v) is 4.14. The third-order valence-corrected chi connectivity index (χ3v) is 2.51. The van der Waals surface area contributed by atoms with Gasteiger partial charge in [0.1, 0.15) is 0 Å². The molecular formula is C6H12OS. The van der Waals surface area contributed by atoms with Crippen LogP contribution in [0.4, 0.5) is 0 Å². The van der Waals surface area contributed by atoms with Gasteiger partial charge in [0.05, 0.1) is 6.61 Å². The minimum atomic E-state index is 0.817. The topological polar surface area (TPSA) is 9.23 Å². The van der Waals surface area contributed by atoms with Gasteiger partial charge >= 0.3 is 0 Å². The van der Waals surface area contributed by atoms with E-state index in [2.05, 4.69) is 6.92 Å². The second kappa shape index (κ2) is 3.36. The van der Waals surface area contributed by atoms with Crippen molar-refractivity contribution >= 4 is 11.8 Å². The summed E-state index contributed by atoms with van der Waals surface area (Å²) in [5, 5.41) is 0.817. The summed E-state index contributed by atoms with van der Waals surface area (Å²) in [6.45, 7) is 4.18. The van der Waals surface area contributed by atoms with E-state index in [4.69, 9.17) is 4.74 Å². The monoisotopic (exact) mass is 132 g/mol. The summed E-state index contributed by atoms with van der Waals surface area (Å²) in [4.78, 5) is 0. The largest absolute Gasteiger partial charge is 0.381 e. The van der Waals surface area contributed by atoms with Crippen molar-refractivity contribution in [2.75, 3.05) is 19.0 Å². The van der Waals surface area contributed by atoms with Gasteiger partial charge in [0.2, 0.25) is 0 Å². The Balaban J connectivity index is 2.17. The van der Waals surface area contributed by atoms with Crippen molar-refractivity contribution in [2.24, 2.45) is 0 Å². The van der Waals surface area contributed by atoms with Gasteiger partial charge in [-0.3, -0.25) is 0 Å². The van der Waals surface area contributed by atoms with E-state index in [9.17, 15) is 0 Å². The van der Waals surface area contributed by atoms with Gasteiger partial charge in [0, 0.05) is 17.6 Å². The van der Waals surface area contributed by atoms with Gasteiger partial charge in [0.15, 0.2) is 0 Å². The zero-order valence-electron chi connectivity index (χ0n) is 5.22. The van der Waals surface area contributed by atoms with Crippen molar-refractivity contribution in [3.05, 3.63) is 0 Å². The van der Waals surface area contributed by atoms with E-state index in [-0.39, 0.29) is 0 Å². The Hall–Kier alpha value is 0.310. The summed E-state index contributed by atoms with van der Waals surface area (Å²) < 4.78 is 5.24. The van der Waals surface area contributed by atoms with Gasteiger partial charge in [-0.05, 0) is 6.42 Å². The van der Waals surface area contributed by atoms with Crippen LogP contribution in [0, 0.1) is 0 Å². The summed E-state index contributed by atoms with van der Waals surface area (Å²) in [6, 6.07) is 0. The average Bonchev–Trinajstić information content (AvgIpc) is 1.94. The number of hydrogen-bond donors (Lipinski definition) is 0. The molecule has 1 aliphatic heterocycles. The number of ether oxygens (including phenoxy) is 1. The zero-order valence-corrected chi connectivity index (χ0v) is 6.04. The van der Waals surface area contributed by atoms with Crippen LogP contribution >= 0.6 is 11.8 Å². The molecule has 0 spiro atoms. The van der Waals surface area contributed by atoms with Gasteiger partial charge in [-0.2, -0.15) is 11.8 Å². The van der Waals surface area contributed by atoms with Crippen LogP contribution in [0.3, 0.4) is 0 Å². The van der Waals surface area contributed by atoms with Crippen LogP contribution in [-0.4, -0.2) is 24.2 Å². The molecule has 1 heterocycles. The summed E-state index contributed by atoms with van der Waals surface area (Å²) in [6.07, 6.45) is 1.23. The molecule has 0 aromatic carbocycles. The molecule has 1 rings (SSSR count). The molecule has 1 aliphatic rings. The van der Waals surface area contributed by atoms with Crippen molar-refractivity contribution in [1.82, 2.24) is 0 Å². The van der Waals surface area contributed by atoms with Gasteiger partial charge in [-0.25, -0.2) is 0 Å². The van der Waals surface area contributed by atoms with Crippen LogP contribution in [0.25, 0.3) is 0 Å². The molecule has 0 radical (unpaired) electrons. The lowest BCUT2D eigenvalue weighted by atomic mass is 10.3. The van der Waals surface area contributed by atoms with E-state index >= 15 is 0 Å². The number of hydrogen-bond acceptors (Lipinski definition) is 2. The Morgan fingerprint density at radius 2 is 2.38 bits per heavy atom. The summed E-state index contributed by atoms with van der Waals surface area (Å²) in [5.74, 6) is 1.18. The minimum Gasteiger partial charge on any atom is -0.381 e. The third-order valence-electron chi connectivity index (χ3n) is 1.30. The molecular weight excluding hydrogens is 120 g/mol. The predicted octanol–water partition coefficient (Wildman–Crippen LogP) is 1.53. The van der Waals surface area contributed by atoms with Gasteiger partial charge in [-0.15, -0.1) is 0 Å². The van der Waals surface area contributed by atoms with Crippen molar-refractivity contribution in [3.8, 4) is 0 Å². The van der Waals surface area contributed by atoms with Crippen molar-refractivity contribution < 1.29 is 4.74 Å². The molecule has 0 saturated carbocycles. The highest BCUT2D eigenvalue weighted by atomic mass is 32.2. The van der Waals surface area contributed by atoms with E-state index in [1.165, 1.54) is 12.2 Å². The standard InChI is InChI=1S/C6H12OS/c1-6-2-3-7-4-5-8-6/h6H,2-5H2,1H3. The quantitative estimate of drug-likeness (QED) is 0.494. The number of rotatable bonds is 0. The van der Waals surface area contributed by atoms with Gasteiger partial charge in [0.25, 0.3) is 0 Å². The molecule has 0 aromatic heterocycles. The molecule has 0 bridgehead atoms. The first-order chi connectivity index (χ1) is 3.89. The SMILES string of the molecule is CC1CCOCCS1. The van der Waals surface area contributed by atoms with E-state index < -0.39 is 0 Å². The van der Waals surface area contributed by atoms with E-state index in [1.54, 1.807) is 0 Å². The fourth-order valence-corrected chi connectivity index (χ4v) is 1.62. The Labute approximate surface area is 54.8 Å². The van der Waals surface area contributed by atoms with Crippen molar-refractivity contribution in [3.63, 3.8) is 0 Å². The maximum Gasteiger partial charge on any atom is 0.0556 e. The van der Waals surface area contributed by atoms with Gasteiger partial charge in [-0.1, -0.05) is 6.92 Å². The molecule has 0 amide bonds. The molecule has 1 atom stereocenters. The molecule has 0 aromatic rings. The molecule has 1 unspecified atom stereocenters. The fourth-order valence-electron chi connectivity index (χ4n) is 0.743. The molecule has 1 fully saturated rings. The molecule has 8 heavy (non-hydrogen) atoms. The van der Waals surface area contributed by atoms with E-state index in [0.29, 0.717) is 0 Å². The molecule has 0 aliphatic carbocycles. The third kappa shape index (κ3) is 2.05. The lowest BCUT2D eigenvalue weighted by Crippen LogP contribution is -1.96. The van der Waals surface area contributed by atoms with Crippen molar-refractivity contribution in [1.29, 1.82) is 0 Å². The first-order valence-electron chi connectivity index (χ1n) is 3.09. The Morgan fingerprint density at radius 3 is 3.25 bits per heavy atom. The van der Waals surface area contributed by atoms with E-state index in [0.717, 1.165) is 18.5 Å². The zero-order chi connectivity index (χ0) is 5.82. The van der Waals surface area contributed by atoms with Gasteiger partial charge < -0.3 is 4.74 Å². The maximum atomic E-state index is 5.24. The maximum absolute atomic E-state index is 5.24. The number of thioether (sulfide) groups is 1. The van der Waals surface area contributed by atoms with Crippen LogP contribution in [-0.2, 0) is 4.74 Å². The molecule has 0 N–H and O–H groups in total. The summed E-state index contributed by atoms with van der Waals surface area (Å²) in [5.41, 5.74) is 0. The second-order valence-electron chi connectivity index (χ2n) is 2.08. The Morgan fingerprint density at radius 1 is 1.50 bits per heavy atom. The van der Waals surface area contributed by atoms with Crippen LogP contribution in [0.2, 0.25) is 0 Å². The average molecular weight is 132 g/mol. The summed E-state index contributed by atoms with van der Waals surface area (Å²) >= 11 is 2.01. The Bertz CT molecular complexity index is 57.5. The highest BCUT2D eigenvalue weighted by Gasteiger charge is 2.05. The van der Waals surface area contributed by atoms with Crippen LogP contribution in [0.15, 0.2) is 0 Å². The normalized spacial score (nSPS) is 31.9. The Kier molecular flexibility index (Phi) is 2.70. The minimum absolute atomic E-state index is 0.817. The lowest BCUT2D eigenvalue weighted by molar-refractivity contribution is 0.152.